The lowest BCUT2D eigenvalue weighted by atomic mass is 10.3. The van der Waals surface area contributed by atoms with Crippen molar-refractivity contribution in [3.8, 4) is 0 Å². The van der Waals surface area contributed by atoms with Crippen LogP contribution >= 0.6 is 11.3 Å². The first-order valence-corrected chi connectivity index (χ1v) is 3.69. The van der Waals surface area contributed by atoms with Crippen LogP contribution in [0.3, 0.4) is 0 Å². The summed E-state index contributed by atoms with van der Waals surface area (Å²) in [4.78, 5) is 10.3. The van der Waals surface area contributed by atoms with Gasteiger partial charge in [0.15, 0.2) is 11.9 Å². The third kappa shape index (κ3) is 0.609. The van der Waals surface area contributed by atoms with E-state index < -0.39 is 0 Å². The third-order valence-electron chi connectivity index (χ3n) is 1.33. The molecule has 0 N–H and O–H groups in total. The number of furan rings is 1. The Kier molecular flexibility index (Phi) is 1.11. The molecule has 0 atom stereocenters. The third-order valence-corrected chi connectivity index (χ3v) is 2.28. The fourth-order valence-electron chi connectivity index (χ4n) is 0.863. The Morgan fingerprint density at radius 3 is 3.30 bits per heavy atom. The Morgan fingerprint density at radius 2 is 2.50 bits per heavy atom. The molecule has 0 aliphatic rings. The second-order valence-electron chi connectivity index (χ2n) is 1.92. The van der Waals surface area contributed by atoms with Crippen molar-refractivity contribution >= 4 is 27.9 Å². The molecule has 0 bridgehead atoms. The van der Waals surface area contributed by atoms with Crippen LogP contribution in [-0.4, -0.2) is 6.29 Å². The Balaban J connectivity index is 2.88. The lowest BCUT2D eigenvalue weighted by molar-refractivity contribution is 0.112. The molecule has 0 spiro atoms. The molecule has 0 radical (unpaired) electrons. The molecule has 0 amide bonds. The number of carbonyl (C=O) groups is 1. The molecular weight excluding hydrogens is 148 g/mol. The fourth-order valence-corrected chi connectivity index (χ4v) is 1.69. The highest BCUT2D eigenvalue weighted by Gasteiger charge is 2.03. The largest absolute Gasteiger partial charge is 0.463 e. The van der Waals surface area contributed by atoms with E-state index in [2.05, 4.69) is 0 Å². The minimum absolute atomic E-state index is 0.644. The highest BCUT2D eigenvalue weighted by Crippen LogP contribution is 2.25. The maximum absolute atomic E-state index is 10.3. The van der Waals surface area contributed by atoms with Gasteiger partial charge in [0.1, 0.15) is 0 Å². The molecule has 0 aromatic carbocycles. The van der Waals surface area contributed by atoms with Crippen LogP contribution in [0.4, 0.5) is 0 Å². The average Bonchev–Trinajstić information content (AvgIpc) is 2.44. The first-order chi connectivity index (χ1) is 4.92. The van der Waals surface area contributed by atoms with Crippen LogP contribution in [0.2, 0.25) is 0 Å². The molecule has 0 saturated heterocycles. The van der Waals surface area contributed by atoms with E-state index in [4.69, 9.17) is 4.42 Å². The zero-order valence-corrected chi connectivity index (χ0v) is 5.85. The molecule has 0 saturated carbocycles. The highest BCUT2D eigenvalue weighted by molar-refractivity contribution is 7.17. The minimum atomic E-state index is 0.644. The number of hydrogen-bond acceptors (Lipinski definition) is 3. The molecule has 10 heavy (non-hydrogen) atoms. The monoisotopic (exact) mass is 152 g/mol. The average molecular weight is 152 g/mol. The lowest BCUT2D eigenvalue weighted by Crippen LogP contribution is -1.68. The van der Waals surface area contributed by atoms with Crippen molar-refractivity contribution in [2.24, 2.45) is 0 Å². The van der Waals surface area contributed by atoms with E-state index in [0.717, 1.165) is 11.0 Å². The van der Waals surface area contributed by atoms with Crippen molar-refractivity contribution in [2.75, 3.05) is 0 Å². The number of hydrogen-bond donors (Lipinski definition) is 0. The molecule has 2 aromatic heterocycles. The maximum Gasteiger partial charge on any atom is 0.155 e. The summed E-state index contributed by atoms with van der Waals surface area (Å²) >= 11 is 1.52. The van der Waals surface area contributed by atoms with E-state index in [1.165, 1.54) is 11.3 Å². The molecular formula is C7H4O2S. The Hall–Kier alpha value is -1.09. The van der Waals surface area contributed by atoms with Gasteiger partial charge in [0.2, 0.25) is 0 Å². The van der Waals surface area contributed by atoms with Gasteiger partial charge in [-0.3, -0.25) is 4.79 Å². The summed E-state index contributed by atoms with van der Waals surface area (Å²) in [5.74, 6) is 0. The van der Waals surface area contributed by atoms with Crippen LogP contribution < -0.4 is 0 Å². The smallest absolute Gasteiger partial charge is 0.155 e. The number of fused-ring (bicyclic) bond motifs is 1. The van der Waals surface area contributed by atoms with Crippen molar-refractivity contribution < 1.29 is 9.21 Å². The van der Waals surface area contributed by atoms with Gasteiger partial charge >= 0.3 is 0 Å². The number of aldehydes is 1. The number of rotatable bonds is 1. The Bertz CT molecular complexity index is 358. The topological polar surface area (TPSA) is 30.2 Å². The van der Waals surface area contributed by atoms with Crippen LogP contribution in [0.5, 0.6) is 0 Å². The minimum Gasteiger partial charge on any atom is -0.463 e. The van der Waals surface area contributed by atoms with Gasteiger partial charge in [-0.05, 0) is 6.07 Å². The molecule has 2 aromatic rings. The van der Waals surface area contributed by atoms with Gasteiger partial charge in [0.25, 0.3) is 0 Å². The highest BCUT2D eigenvalue weighted by atomic mass is 32.1. The van der Waals surface area contributed by atoms with Crippen molar-refractivity contribution in [2.45, 2.75) is 0 Å². The van der Waals surface area contributed by atoms with Gasteiger partial charge in [-0.2, -0.15) is 0 Å². The molecule has 0 aliphatic carbocycles. The second kappa shape index (κ2) is 1.95. The SMILES string of the molecule is O=Cc1csc2ccoc12. The van der Waals surface area contributed by atoms with Crippen molar-refractivity contribution in [1.29, 1.82) is 0 Å². The van der Waals surface area contributed by atoms with Crippen molar-refractivity contribution in [1.82, 2.24) is 0 Å². The summed E-state index contributed by atoms with van der Waals surface area (Å²) in [7, 11) is 0. The summed E-state index contributed by atoms with van der Waals surface area (Å²) in [6.07, 6.45) is 2.40. The lowest BCUT2D eigenvalue weighted by Gasteiger charge is -1.75. The second-order valence-corrected chi connectivity index (χ2v) is 2.83. The van der Waals surface area contributed by atoms with E-state index in [9.17, 15) is 4.79 Å². The van der Waals surface area contributed by atoms with E-state index in [1.54, 1.807) is 11.6 Å². The first kappa shape index (κ1) is 5.68. The zero-order chi connectivity index (χ0) is 6.97. The molecule has 0 fully saturated rings. The molecule has 0 unspecified atom stereocenters. The van der Waals surface area contributed by atoms with E-state index in [0.29, 0.717) is 11.1 Å². The van der Waals surface area contributed by atoms with E-state index >= 15 is 0 Å². The molecule has 0 aliphatic heterocycles. The summed E-state index contributed by atoms with van der Waals surface area (Å²) in [5.41, 5.74) is 1.35. The summed E-state index contributed by atoms with van der Waals surface area (Å²) in [6.45, 7) is 0. The van der Waals surface area contributed by atoms with Crippen LogP contribution in [0.25, 0.3) is 10.3 Å². The zero-order valence-electron chi connectivity index (χ0n) is 5.03. The van der Waals surface area contributed by atoms with Crippen LogP contribution in [0.15, 0.2) is 22.1 Å². The first-order valence-electron chi connectivity index (χ1n) is 2.81. The van der Waals surface area contributed by atoms with Gasteiger partial charge in [-0.1, -0.05) is 0 Å². The molecule has 50 valence electrons. The molecule has 3 heteroatoms. The van der Waals surface area contributed by atoms with Gasteiger partial charge in [0, 0.05) is 5.38 Å². The quantitative estimate of drug-likeness (QED) is 0.587. The maximum atomic E-state index is 10.3. The molecule has 2 heterocycles. The fraction of sp³-hybridized carbons (Fsp3) is 0. The van der Waals surface area contributed by atoms with Gasteiger partial charge in [0.05, 0.1) is 16.5 Å². The summed E-state index contributed by atoms with van der Waals surface area (Å²) in [6, 6.07) is 1.85. The number of thiophene rings is 1. The molecule has 2 rings (SSSR count). The Labute approximate surface area is 61.1 Å². The van der Waals surface area contributed by atoms with Crippen LogP contribution in [0.1, 0.15) is 10.4 Å². The van der Waals surface area contributed by atoms with Gasteiger partial charge in [-0.15, -0.1) is 11.3 Å². The van der Waals surface area contributed by atoms with Crippen molar-refractivity contribution in [3.63, 3.8) is 0 Å². The predicted octanol–water partition coefficient (Wildman–Crippen LogP) is 2.31. The van der Waals surface area contributed by atoms with Crippen molar-refractivity contribution in [3.05, 3.63) is 23.3 Å². The molecule has 2 nitrogen and oxygen atoms in total. The summed E-state index contributed by atoms with van der Waals surface area (Å²) in [5, 5.41) is 1.79. The Morgan fingerprint density at radius 1 is 1.60 bits per heavy atom. The summed E-state index contributed by atoms with van der Waals surface area (Å²) < 4.78 is 6.09. The predicted molar refractivity (Wildman–Crippen MR) is 39.5 cm³/mol. The number of carbonyl (C=O) groups excluding carboxylic acids is 1. The van der Waals surface area contributed by atoms with E-state index in [1.807, 2.05) is 6.07 Å². The van der Waals surface area contributed by atoms with Gasteiger partial charge in [-0.25, -0.2) is 0 Å². The standard InChI is InChI=1S/C7H4O2S/c8-3-5-4-10-6-1-2-9-7(5)6/h1-4H. The van der Waals surface area contributed by atoms with Gasteiger partial charge < -0.3 is 4.42 Å². The van der Waals surface area contributed by atoms with E-state index in [-0.39, 0.29) is 0 Å². The van der Waals surface area contributed by atoms with Crippen LogP contribution in [-0.2, 0) is 0 Å². The van der Waals surface area contributed by atoms with Crippen LogP contribution in [0, 0.1) is 0 Å². The normalized spacial score (nSPS) is 10.4.